The molecule has 26 heavy (non-hydrogen) atoms. The van der Waals surface area contributed by atoms with E-state index in [0.29, 0.717) is 16.5 Å². The quantitative estimate of drug-likeness (QED) is 0.426. The summed E-state index contributed by atoms with van der Waals surface area (Å²) in [4.78, 5) is 18.4. The maximum atomic E-state index is 12.5. The van der Waals surface area contributed by atoms with Crippen molar-refractivity contribution in [1.82, 2.24) is 15.2 Å². The molecule has 4 heterocycles. The van der Waals surface area contributed by atoms with E-state index in [0.717, 1.165) is 15.4 Å². The van der Waals surface area contributed by atoms with Crippen LogP contribution in [0.25, 0.3) is 21.3 Å². The number of hydrogen-bond acceptors (Lipinski definition) is 9. The molecule has 0 bridgehead atoms. The third-order valence-corrected chi connectivity index (χ3v) is 6.28. The number of aryl methyl sites for hydroxylation is 1. The van der Waals surface area contributed by atoms with Crippen molar-refractivity contribution in [3.63, 3.8) is 0 Å². The van der Waals surface area contributed by atoms with Crippen LogP contribution in [0.1, 0.15) is 34.3 Å². The first-order valence-corrected chi connectivity index (χ1v) is 10.3. The molecule has 1 atom stereocenters. The van der Waals surface area contributed by atoms with E-state index in [9.17, 15) is 4.79 Å². The summed E-state index contributed by atoms with van der Waals surface area (Å²) in [7, 11) is 0. The van der Waals surface area contributed by atoms with Gasteiger partial charge in [-0.1, -0.05) is 6.07 Å². The van der Waals surface area contributed by atoms with Crippen molar-refractivity contribution in [2.75, 3.05) is 0 Å². The van der Waals surface area contributed by atoms with Crippen LogP contribution in [0.2, 0.25) is 0 Å². The molecule has 0 N–H and O–H groups in total. The standard InChI is InChI=1S/C17H13N3O3S3/c1-9-13(26-16(18-9)11-5-7-24-8-11)17(21)22-10(2)14-19-20-15(23-14)12-4-3-6-25-12/h3-8,10H,1-2H3. The summed E-state index contributed by atoms with van der Waals surface area (Å²) in [6.45, 7) is 3.51. The van der Waals surface area contributed by atoms with E-state index in [4.69, 9.17) is 9.15 Å². The number of rotatable bonds is 5. The third kappa shape index (κ3) is 3.33. The molecule has 4 aromatic heterocycles. The van der Waals surface area contributed by atoms with Crippen LogP contribution in [0.3, 0.4) is 0 Å². The number of hydrogen-bond donors (Lipinski definition) is 0. The highest BCUT2D eigenvalue weighted by Gasteiger charge is 2.23. The summed E-state index contributed by atoms with van der Waals surface area (Å²) in [5.41, 5.74) is 1.66. The zero-order chi connectivity index (χ0) is 18.1. The van der Waals surface area contributed by atoms with Crippen molar-refractivity contribution in [3.8, 4) is 21.3 Å². The number of carbonyl (C=O) groups excluding carboxylic acids is 1. The van der Waals surface area contributed by atoms with E-state index >= 15 is 0 Å². The monoisotopic (exact) mass is 403 g/mol. The Morgan fingerprint density at radius 1 is 1.27 bits per heavy atom. The number of aromatic nitrogens is 3. The number of ether oxygens (including phenoxy) is 1. The Kier molecular flexibility index (Phi) is 4.66. The van der Waals surface area contributed by atoms with Gasteiger partial charge in [0.05, 0.1) is 10.6 Å². The molecule has 0 radical (unpaired) electrons. The summed E-state index contributed by atoms with van der Waals surface area (Å²) in [6.07, 6.45) is -0.644. The number of carbonyl (C=O) groups is 1. The van der Waals surface area contributed by atoms with Crippen LogP contribution < -0.4 is 0 Å². The van der Waals surface area contributed by atoms with Gasteiger partial charge in [0.25, 0.3) is 11.8 Å². The first-order valence-electron chi connectivity index (χ1n) is 7.70. The van der Waals surface area contributed by atoms with Gasteiger partial charge in [0, 0.05) is 10.9 Å². The van der Waals surface area contributed by atoms with Gasteiger partial charge in [-0.3, -0.25) is 0 Å². The molecular weight excluding hydrogens is 390 g/mol. The van der Waals surface area contributed by atoms with Crippen molar-refractivity contribution >= 4 is 40.0 Å². The maximum absolute atomic E-state index is 12.5. The average Bonchev–Trinajstić information content (AvgIpc) is 3.38. The highest BCUT2D eigenvalue weighted by Crippen LogP contribution is 2.31. The van der Waals surface area contributed by atoms with E-state index < -0.39 is 12.1 Å². The molecule has 132 valence electrons. The molecule has 0 saturated heterocycles. The highest BCUT2D eigenvalue weighted by atomic mass is 32.1. The molecule has 6 nitrogen and oxygen atoms in total. The lowest BCUT2D eigenvalue weighted by Crippen LogP contribution is -2.09. The molecule has 0 aliphatic heterocycles. The van der Waals surface area contributed by atoms with Crippen molar-refractivity contribution in [1.29, 1.82) is 0 Å². The molecule has 4 aromatic rings. The van der Waals surface area contributed by atoms with Crippen molar-refractivity contribution in [2.45, 2.75) is 20.0 Å². The van der Waals surface area contributed by atoms with Gasteiger partial charge in [0.15, 0.2) is 6.10 Å². The fraction of sp³-hybridized carbons (Fsp3) is 0.176. The highest BCUT2D eigenvalue weighted by molar-refractivity contribution is 7.17. The van der Waals surface area contributed by atoms with Crippen molar-refractivity contribution in [2.24, 2.45) is 0 Å². The molecule has 0 aromatic carbocycles. The topological polar surface area (TPSA) is 78.1 Å². The predicted molar refractivity (Wildman–Crippen MR) is 102 cm³/mol. The average molecular weight is 404 g/mol. The summed E-state index contributed by atoms with van der Waals surface area (Å²) >= 11 is 4.42. The first kappa shape index (κ1) is 17.1. The maximum Gasteiger partial charge on any atom is 0.351 e. The van der Waals surface area contributed by atoms with Crippen LogP contribution in [0, 0.1) is 6.92 Å². The minimum atomic E-state index is -0.644. The van der Waals surface area contributed by atoms with Crippen LogP contribution in [0.15, 0.2) is 38.8 Å². The van der Waals surface area contributed by atoms with Gasteiger partial charge < -0.3 is 9.15 Å². The van der Waals surface area contributed by atoms with E-state index in [-0.39, 0.29) is 5.89 Å². The number of thiophene rings is 2. The van der Waals surface area contributed by atoms with Gasteiger partial charge in [-0.25, -0.2) is 9.78 Å². The fourth-order valence-electron chi connectivity index (χ4n) is 2.26. The SMILES string of the molecule is Cc1nc(-c2ccsc2)sc1C(=O)OC(C)c1nnc(-c2cccs2)o1. The predicted octanol–water partition coefficient (Wildman–Crippen LogP) is 5.21. The second-order valence-electron chi connectivity index (χ2n) is 5.42. The number of nitrogens with zero attached hydrogens (tertiary/aromatic N) is 3. The van der Waals surface area contributed by atoms with E-state index in [1.165, 1.54) is 22.7 Å². The zero-order valence-corrected chi connectivity index (χ0v) is 16.3. The Hall–Kier alpha value is -2.36. The normalized spacial score (nSPS) is 12.2. The van der Waals surface area contributed by atoms with Crippen LogP contribution in [-0.4, -0.2) is 21.2 Å². The van der Waals surface area contributed by atoms with Crippen LogP contribution in [0.5, 0.6) is 0 Å². The third-order valence-electron chi connectivity index (χ3n) is 3.55. The van der Waals surface area contributed by atoms with Crippen LogP contribution >= 0.6 is 34.0 Å². The Labute approximate surface area is 161 Å². The Bertz CT molecular complexity index is 1020. The largest absolute Gasteiger partial charge is 0.448 e. The molecule has 9 heteroatoms. The fourth-order valence-corrected chi connectivity index (χ4v) is 4.56. The molecule has 0 amide bonds. The second kappa shape index (κ2) is 7.10. The summed E-state index contributed by atoms with van der Waals surface area (Å²) in [5.74, 6) is 0.249. The van der Waals surface area contributed by atoms with Gasteiger partial charge in [-0.15, -0.1) is 32.9 Å². The van der Waals surface area contributed by atoms with Gasteiger partial charge in [0.1, 0.15) is 9.88 Å². The van der Waals surface area contributed by atoms with Gasteiger partial charge >= 0.3 is 5.97 Å². The van der Waals surface area contributed by atoms with Gasteiger partial charge in [-0.2, -0.15) is 11.3 Å². The summed E-state index contributed by atoms with van der Waals surface area (Å²) in [5, 5.41) is 14.7. The minimum Gasteiger partial charge on any atom is -0.448 e. The molecule has 0 aliphatic rings. The summed E-state index contributed by atoms with van der Waals surface area (Å²) in [6, 6.07) is 5.78. The molecule has 0 fully saturated rings. The Morgan fingerprint density at radius 3 is 2.88 bits per heavy atom. The van der Waals surface area contributed by atoms with Crippen LogP contribution in [-0.2, 0) is 4.74 Å². The summed E-state index contributed by atoms with van der Waals surface area (Å²) < 4.78 is 11.1. The molecule has 1 unspecified atom stereocenters. The van der Waals surface area contributed by atoms with Gasteiger partial charge in [-0.05, 0) is 36.7 Å². The molecular formula is C17H13N3O3S3. The lowest BCUT2D eigenvalue weighted by molar-refractivity contribution is 0.0284. The van der Waals surface area contributed by atoms with Crippen molar-refractivity contribution in [3.05, 3.63) is 50.8 Å². The van der Waals surface area contributed by atoms with E-state index in [2.05, 4.69) is 15.2 Å². The molecule has 0 spiro atoms. The lowest BCUT2D eigenvalue weighted by Gasteiger charge is -2.08. The molecule has 0 aliphatic carbocycles. The smallest absolute Gasteiger partial charge is 0.351 e. The lowest BCUT2D eigenvalue weighted by atomic mass is 10.3. The van der Waals surface area contributed by atoms with E-state index in [1.54, 1.807) is 25.2 Å². The Morgan fingerprint density at radius 2 is 2.15 bits per heavy atom. The molecule has 0 saturated carbocycles. The molecule has 4 rings (SSSR count). The van der Waals surface area contributed by atoms with E-state index in [1.807, 2.05) is 34.3 Å². The number of esters is 1. The van der Waals surface area contributed by atoms with Crippen molar-refractivity contribution < 1.29 is 13.9 Å². The minimum absolute atomic E-state index is 0.266. The number of thiazole rings is 1. The van der Waals surface area contributed by atoms with Crippen LogP contribution in [0.4, 0.5) is 0 Å². The second-order valence-corrected chi connectivity index (χ2v) is 8.14. The zero-order valence-electron chi connectivity index (χ0n) is 13.8. The van der Waals surface area contributed by atoms with Gasteiger partial charge in [0.2, 0.25) is 0 Å². The first-order chi connectivity index (χ1) is 12.6. The Balaban J connectivity index is 1.50.